The van der Waals surface area contributed by atoms with Gasteiger partial charge in [-0.3, -0.25) is 0 Å². The standard InChI is InChI=1S/C13H17ClO/c1-9-5-11(3-4-12(9)14)7-13(8-15)6-10(13)2/h3-5,10,15H,6-8H2,1-2H3. The molecule has 0 amide bonds. The largest absolute Gasteiger partial charge is 0.396 e. The Morgan fingerprint density at radius 2 is 2.20 bits per heavy atom. The molecule has 0 radical (unpaired) electrons. The van der Waals surface area contributed by atoms with Crippen molar-refractivity contribution in [2.45, 2.75) is 26.7 Å². The average Bonchev–Trinajstić information content (AvgIpc) is 2.84. The van der Waals surface area contributed by atoms with Crippen LogP contribution in [0.2, 0.25) is 5.02 Å². The van der Waals surface area contributed by atoms with Gasteiger partial charge in [0.1, 0.15) is 0 Å². The minimum atomic E-state index is 0.153. The lowest BCUT2D eigenvalue weighted by Crippen LogP contribution is -2.12. The number of aliphatic hydroxyl groups is 1. The summed E-state index contributed by atoms with van der Waals surface area (Å²) in [6.45, 7) is 4.53. The smallest absolute Gasteiger partial charge is 0.0493 e. The number of aliphatic hydroxyl groups excluding tert-OH is 1. The van der Waals surface area contributed by atoms with Crippen molar-refractivity contribution >= 4 is 11.6 Å². The second kappa shape index (κ2) is 3.80. The second-order valence-corrected chi connectivity index (χ2v) is 5.29. The first-order chi connectivity index (χ1) is 7.07. The molecule has 1 N–H and O–H groups in total. The van der Waals surface area contributed by atoms with Crippen LogP contribution in [0.25, 0.3) is 0 Å². The number of rotatable bonds is 3. The molecule has 0 heterocycles. The molecule has 0 bridgehead atoms. The van der Waals surface area contributed by atoms with Crippen molar-refractivity contribution in [3.8, 4) is 0 Å². The Kier molecular flexibility index (Phi) is 2.78. The average molecular weight is 225 g/mol. The molecule has 1 aromatic carbocycles. The maximum Gasteiger partial charge on any atom is 0.0493 e. The van der Waals surface area contributed by atoms with E-state index in [9.17, 15) is 5.11 Å². The third-order valence-electron chi connectivity index (χ3n) is 3.69. The highest BCUT2D eigenvalue weighted by atomic mass is 35.5. The first kappa shape index (κ1) is 11.0. The topological polar surface area (TPSA) is 20.2 Å². The van der Waals surface area contributed by atoms with E-state index in [-0.39, 0.29) is 5.41 Å². The van der Waals surface area contributed by atoms with Gasteiger partial charge in [0.15, 0.2) is 0 Å². The molecular formula is C13H17ClO. The molecule has 2 heteroatoms. The molecule has 1 saturated carbocycles. The molecule has 1 fully saturated rings. The van der Waals surface area contributed by atoms with Crippen LogP contribution >= 0.6 is 11.6 Å². The predicted octanol–water partition coefficient (Wildman–Crippen LogP) is 3.21. The first-order valence-electron chi connectivity index (χ1n) is 5.43. The highest BCUT2D eigenvalue weighted by Crippen LogP contribution is 2.54. The molecule has 0 spiro atoms. The van der Waals surface area contributed by atoms with E-state index in [0.717, 1.165) is 23.4 Å². The van der Waals surface area contributed by atoms with Crippen LogP contribution in [0.4, 0.5) is 0 Å². The minimum Gasteiger partial charge on any atom is -0.396 e. The van der Waals surface area contributed by atoms with Gasteiger partial charge in [0.2, 0.25) is 0 Å². The van der Waals surface area contributed by atoms with Crippen LogP contribution in [0.15, 0.2) is 18.2 Å². The normalized spacial score (nSPS) is 29.2. The molecule has 2 atom stereocenters. The van der Waals surface area contributed by atoms with E-state index in [1.807, 2.05) is 13.0 Å². The maximum atomic E-state index is 9.39. The molecule has 0 saturated heterocycles. The lowest BCUT2D eigenvalue weighted by Gasteiger charge is -2.13. The van der Waals surface area contributed by atoms with Gasteiger partial charge >= 0.3 is 0 Å². The lowest BCUT2D eigenvalue weighted by atomic mass is 9.94. The second-order valence-electron chi connectivity index (χ2n) is 4.89. The van der Waals surface area contributed by atoms with E-state index in [0.29, 0.717) is 12.5 Å². The Morgan fingerprint density at radius 1 is 1.53 bits per heavy atom. The van der Waals surface area contributed by atoms with E-state index in [4.69, 9.17) is 11.6 Å². The lowest BCUT2D eigenvalue weighted by molar-refractivity contribution is 0.200. The van der Waals surface area contributed by atoms with Gasteiger partial charge in [-0.15, -0.1) is 0 Å². The van der Waals surface area contributed by atoms with Crippen molar-refractivity contribution in [2.75, 3.05) is 6.61 Å². The Labute approximate surface area is 96.1 Å². The molecule has 82 valence electrons. The number of benzene rings is 1. The molecule has 1 nitrogen and oxygen atoms in total. The van der Waals surface area contributed by atoms with Gasteiger partial charge in [0, 0.05) is 17.0 Å². The van der Waals surface area contributed by atoms with E-state index in [1.54, 1.807) is 0 Å². The molecule has 2 rings (SSSR count). The third kappa shape index (κ3) is 2.04. The summed E-state index contributed by atoms with van der Waals surface area (Å²) in [4.78, 5) is 0. The van der Waals surface area contributed by atoms with Crippen LogP contribution in [0.1, 0.15) is 24.5 Å². The Bertz CT molecular complexity index is 371. The zero-order valence-electron chi connectivity index (χ0n) is 9.26. The van der Waals surface area contributed by atoms with Gasteiger partial charge in [-0.25, -0.2) is 0 Å². The van der Waals surface area contributed by atoms with Gasteiger partial charge in [0.05, 0.1) is 0 Å². The van der Waals surface area contributed by atoms with Gasteiger partial charge < -0.3 is 5.11 Å². The Morgan fingerprint density at radius 3 is 2.67 bits per heavy atom. The Balaban J connectivity index is 2.15. The summed E-state index contributed by atoms with van der Waals surface area (Å²) in [7, 11) is 0. The van der Waals surface area contributed by atoms with Crippen LogP contribution < -0.4 is 0 Å². The number of hydrogen-bond donors (Lipinski definition) is 1. The van der Waals surface area contributed by atoms with Crippen molar-refractivity contribution in [3.05, 3.63) is 34.3 Å². The quantitative estimate of drug-likeness (QED) is 0.836. The van der Waals surface area contributed by atoms with Gasteiger partial charge in [0.25, 0.3) is 0 Å². The summed E-state index contributed by atoms with van der Waals surface area (Å²) in [5, 5.41) is 10.2. The van der Waals surface area contributed by atoms with Crippen LogP contribution in [0.3, 0.4) is 0 Å². The summed E-state index contributed by atoms with van der Waals surface area (Å²) < 4.78 is 0. The fourth-order valence-electron chi connectivity index (χ4n) is 2.30. The summed E-state index contributed by atoms with van der Waals surface area (Å²) >= 11 is 5.98. The maximum absolute atomic E-state index is 9.39. The number of halogens is 1. The van der Waals surface area contributed by atoms with E-state index in [2.05, 4.69) is 19.1 Å². The summed E-state index contributed by atoms with van der Waals surface area (Å²) in [5.41, 5.74) is 2.56. The molecule has 1 aromatic rings. The monoisotopic (exact) mass is 224 g/mol. The minimum absolute atomic E-state index is 0.153. The zero-order chi connectivity index (χ0) is 11.1. The van der Waals surface area contributed by atoms with E-state index >= 15 is 0 Å². The van der Waals surface area contributed by atoms with Crippen LogP contribution in [0.5, 0.6) is 0 Å². The summed E-state index contributed by atoms with van der Waals surface area (Å²) in [6, 6.07) is 6.15. The van der Waals surface area contributed by atoms with Gasteiger partial charge in [-0.1, -0.05) is 30.7 Å². The molecular weight excluding hydrogens is 208 g/mol. The predicted molar refractivity (Wildman–Crippen MR) is 63.2 cm³/mol. The molecule has 15 heavy (non-hydrogen) atoms. The molecule has 0 aromatic heterocycles. The van der Waals surface area contributed by atoms with Crippen LogP contribution in [-0.2, 0) is 6.42 Å². The molecule has 1 aliphatic rings. The van der Waals surface area contributed by atoms with Crippen molar-refractivity contribution < 1.29 is 5.11 Å². The van der Waals surface area contributed by atoms with Crippen molar-refractivity contribution in [3.63, 3.8) is 0 Å². The fourth-order valence-corrected chi connectivity index (χ4v) is 2.41. The van der Waals surface area contributed by atoms with Crippen molar-refractivity contribution in [1.29, 1.82) is 0 Å². The molecule has 0 aliphatic heterocycles. The first-order valence-corrected chi connectivity index (χ1v) is 5.81. The third-order valence-corrected chi connectivity index (χ3v) is 4.12. The highest BCUT2D eigenvalue weighted by Gasteiger charge is 2.50. The van der Waals surface area contributed by atoms with Crippen molar-refractivity contribution in [1.82, 2.24) is 0 Å². The van der Waals surface area contributed by atoms with Gasteiger partial charge in [-0.05, 0) is 42.9 Å². The molecule has 2 unspecified atom stereocenters. The fraction of sp³-hybridized carbons (Fsp3) is 0.538. The number of hydrogen-bond acceptors (Lipinski definition) is 1. The molecule has 1 aliphatic carbocycles. The highest BCUT2D eigenvalue weighted by molar-refractivity contribution is 6.31. The summed E-state index contributed by atoms with van der Waals surface area (Å²) in [5.74, 6) is 0.651. The van der Waals surface area contributed by atoms with Gasteiger partial charge in [-0.2, -0.15) is 0 Å². The Hall–Kier alpha value is -0.530. The zero-order valence-corrected chi connectivity index (χ0v) is 10.0. The van der Waals surface area contributed by atoms with Crippen LogP contribution in [0, 0.1) is 18.3 Å². The van der Waals surface area contributed by atoms with E-state index < -0.39 is 0 Å². The van der Waals surface area contributed by atoms with E-state index in [1.165, 1.54) is 5.56 Å². The summed E-state index contributed by atoms with van der Waals surface area (Å²) in [6.07, 6.45) is 2.12. The SMILES string of the molecule is Cc1cc(CC2(CO)CC2C)ccc1Cl. The number of aryl methyl sites for hydroxylation is 1. The van der Waals surface area contributed by atoms with Crippen LogP contribution in [-0.4, -0.2) is 11.7 Å². The van der Waals surface area contributed by atoms with Crippen molar-refractivity contribution in [2.24, 2.45) is 11.3 Å².